The Balaban J connectivity index is 1.44. The van der Waals surface area contributed by atoms with Gasteiger partial charge in [0.05, 0.1) is 5.75 Å². The Kier molecular flexibility index (Phi) is 5.97. The number of carbonyl (C=O) groups excluding carboxylic acids is 2. The molecule has 0 radical (unpaired) electrons. The van der Waals surface area contributed by atoms with Crippen LogP contribution in [0.4, 0.5) is 5.13 Å². The van der Waals surface area contributed by atoms with Crippen molar-refractivity contribution < 1.29 is 18.8 Å². The van der Waals surface area contributed by atoms with E-state index in [2.05, 4.69) is 20.7 Å². The summed E-state index contributed by atoms with van der Waals surface area (Å²) in [5, 5.41) is 14.3. The number of nitrogens with one attached hydrogen (secondary N) is 1. The molecular weight excluding hydrogens is 376 g/mol. The maximum Gasteiger partial charge on any atom is 0.316 e. The Labute approximate surface area is 156 Å². The topological polar surface area (TPSA) is 107 Å². The van der Waals surface area contributed by atoms with Crippen LogP contribution >= 0.6 is 23.1 Å². The van der Waals surface area contributed by atoms with Crippen LogP contribution in [0.1, 0.15) is 21.8 Å². The molecule has 3 aromatic rings. The van der Waals surface area contributed by atoms with Crippen LogP contribution in [0, 0.1) is 6.92 Å². The van der Waals surface area contributed by atoms with Gasteiger partial charge in [-0.2, -0.15) is 0 Å². The first kappa shape index (κ1) is 18.1. The number of anilines is 1. The summed E-state index contributed by atoms with van der Waals surface area (Å²) in [6.45, 7) is 1.93. The molecule has 8 nitrogen and oxygen atoms in total. The molecule has 0 atom stereocenters. The number of esters is 1. The minimum absolute atomic E-state index is 0.109. The molecule has 26 heavy (non-hydrogen) atoms. The number of hydrogen-bond donors (Lipinski definition) is 1. The smallest absolute Gasteiger partial charge is 0.316 e. The van der Waals surface area contributed by atoms with Gasteiger partial charge in [-0.3, -0.25) is 14.9 Å². The van der Waals surface area contributed by atoms with E-state index in [1.54, 1.807) is 6.92 Å². The first-order chi connectivity index (χ1) is 12.6. The Morgan fingerprint density at radius 2 is 2.08 bits per heavy atom. The lowest BCUT2D eigenvalue weighted by atomic mass is 10.2. The highest BCUT2D eigenvalue weighted by atomic mass is 32.2. The zero-order valence-electron chi connectivity index (χ0n) is 13.7. The first-order valence-corrected chi connectivity index (χ1v) is 9.31. The Bertz CT molecular complexity index is 895. The van der Waals surface area contributed by atoms with Crippen LogP contribution in [0.15, 0.2) is 45.3 Å². The van der Waals surface area contributed by atoms with E-state index in [-0.39, 0.29) is 24.0 Å². The molecular formula is C16H14N4O4S2. The van der Waals surface area contributed by atoms with Gasteiger partial charge in [0.2, 0.25) is 5.13 Å². The van der Waals surface area contributed by atoms with Gasteiger partial charge in [-0.05, 0) is 12.5 Å². The molecule has 134 valence electrons. The van der Waals surface area contributed by atoms with Gasteiger partial charge >= 0.3 is 5.97 Å². The van der Waals surface area contributed by atoms with Crippen LogP contribution in [0.3, 0.4) is 0 Å². The number of ether oxygens (including phenoxy) is 1. The van der Waals surface area contributed by atoms with Crippen molar-refractivity contribution in [2.24, 2.45) is 0 Å². The second-order valence-electron chi connectivity index (χ2n) is 5.09. The molecule has 0 aliphatic carbocycles. The third kappa shape index (κ3) is 5.14. The normalized spacial score (nSPS) is 10.5. The van der Waals surface area contributed by atoms with Crippen LogP contribution in [0.2, 0.25) is 0 Å². The van der Waals surface area contributed by atoms with Gasteiger partial charge in [-0.1, -0.05) is 58.6 Å². The van der Waals surface area contributed by atoms with Crippen LogP contribution < -0.4 is 5.32 Å². The number of rotatable bonds is 7. The number of nitrogens with zero attached hydrogens (tertiary/aromatic N) is 3. The lowest BCUT2D eigenvalue weighted by molar-refractivity contribution is -0.141. The third-order valence-corrected chi connectivity index (χ3v) is 4.99. The second kappa shape index (κ2) is 8.59. The fourth-order valence-corrected chi connectivity index (χ4v) is 3.40. The summed E-state index contributed by atoms with van der Waals surface area (Å²) < 4.78 is 10.6. The lowest BCUT2D eigenvalue weighted by Crippen LogP contribution is -2.11. The average Bonchev–Trinajstić information content (AvgIpc) is 3.28. The molecule has 2 aromatic heterocycles. The molecule has 2 heterocycles. The zero-order chi connectivity index (χ0) is 18.4. The Morgan fingerprint density at radius 3 is 2.81 bits per heavy atom. The summed E-state index contributed by atoms with van der Waals surface area (Å²) >= 11 is 2.36. The summed E-state index contributed by atoms with van der Waals surface area (Å²) in [6.07, 6.45) is 0. The van der Waals surface area contributed by atoms with Gasteiger partial charge in [0.25, 0.3) is 5.91 Å². The van der Waals surface area contributed by atoms with Crippen molar-refractivity contribution in [1.29, 1.82) is 0 Å². The van der Waals surface area contributed by atoms with Crippen LogP contribution in [0.25, 0.3) is 0 Å². The number of aryl methyl sites for hydroxylation is 1. The lowest BCUT2D eigenvalue weighted by Gasteiger charge is -2.03. The highest BCUT2D eigenvalue weighted by Gasteiger charge is 2.15. The highest BCUT2D eigenvalue weighted by molar-refractivity contribution is 8.01. The molecule has 0 saturated carbocycles. The van der Waals surface area contributed by atoms with E-state index >= 15 is 0 Å². The number of thioether (sulfide) groups is 1. The first-order valence-electron chi connectivity index (χ1n) is 7.50. The van der Waals surface area contributed by atoms with E-state index in [9.17, 15) is 9.59 Å². The SMILES string of the molecule is Cc1cc(C(=O)Nc2nnc(SCC(=O)OCc3ccccc3)s2)no1. The van der Waals surface area contributed by atoms with Gasteiger partial charge < -0.3 is 9.26 Å². The summed E-state index contributed by atoms with van der Waals surface area (Å²) in [5.74, 6) is -0.134. The Hall–Kier alpha value is -2.72. The maximum absolute atomic E-state index is 11.9. The Morgan fingerprint density at radius 1 is 1.27 bits per heavy atom. The molecule has 0 aliphatic heterocycles. The fourth-order valence-electron chi connectivity index (χ4n) is 1.85. The number of aromatic nitrogens is 3. The quantitative estimate of drug-likeness (QED) is 0.373. The van der Waals surface area contributed by atoms with E-state index in [1.165, 1.54) is 17.8 Å². The van der Waals surface area contributed by atoms with Crippen molar-refractivity contribution in [1.82, 2.24) is 15.4 Å². The summed E-state index contributed by atoms with van der Waals surface area (Å²) in [4.78, 5) is 23.7. The molecule has 0 fully saturated rings. The summed E-state index contributed by atoms with van der Waals surface area (Å²) in [7, 11) is 0. The summed E-state index contributed by atoms with van der Waals surface area (Å²) in [6, 6.07) is 11.0. The average molecular weight is 390 g/mol. The number of benzene rings is 1. The van der Waals surface area contributed by atoms with E-state index in [0.29, 0.717) is 15.2 Å². The number of hydrogen-bond acceptors (Lipinski definition) is 9. The molecule has 0 unspecified atom stereocenters. The third-order valence-electron chi connectivity index (χ3n) is 3.04. The van der Waals surface area contributed by atoms with Crippen molar-refractivity contribution in [2.75, 3.05) is 11.1 Å². The molecule has 0 bridgehead atoms. The zero-order valence-corrected chi connectivity index (χ0v) is 15.3. The van der Waals surface area contributed by atoms with Crippen molar-refractivity contribution in [3.63, 3.8) is 0 Å². The molecule has 10 heteroatoms. The van der Waals surface area contributed by atoms with Crippen molar-refractivity contribution >= 4 is 40.1 Å². The molecule has 0 saturated heterocycles. The van der Waals surface area contributed by atoms with Crippen LogP contribution in [0.5, 0.6) is 0 Å². The van der Waals surface area contributed by atoms with E-state index in [1.807, 2.05) is 30.3 Å². The van der Waals surface area contributed by atoms with Crippen LogP contribution in [-0.4, -0.2) is 33.0 Å². The number of amides is 1. The second-order valence-corrected chi connectivity index (χ2v) is 7.28. The van der Waals surface area contributed by atoms with Gasteiger partial charge in [-0.15, -0.1) is 10.2 Å². The number of carbonyl (C=O) groups is 2. The van der Waals surface area contributed by atoms with Gasteiger partial charge in [0, 0.05) is 6.07 Å². The molecule has 3 rings (SSSR count). The summed E-state index contributed by atoms with van der Waals surface area (Å²) in [5.41, 5.74) is 1.09. The van der Waals surface area contributed by atoms with E-state index in [0.717, 1.165) is 16.9 Å². The minimum atomic E-state index is -0.433. The molecule has 0 spiro atoms. The monoisotopic (exact) mass is 390 g/mol. The molecule has 1 N–H and O–H groups in total. The molecule has 1 amide bonds. The fraction of sp³-hybridized carbons (Fsp3) is 0.188. The molecule has 1 aromatic carbocycles. The standard InChI is InChI=1S/C16H14N4O4S2/c1-10-7-12(20-24-10)14(22)17-15-18-19-16(26-15)25-9-13(21)23-8-11-5-3-2-4-6-11/h2-7H,8-9H2,1H3,(H,17,18,22). The minimum Gasteiger partial charge on any atom is -0.460 e. The van der Waals surface area contributed by atoms with Crippen molar-refractivity contribution in [2.45, 2.75) is 17.9 Å². The van der Waals surface area contributed by atoms with Gasteiger partial charge in [0.15, 0.2) is 10.0 Å². The van der Waals surface area contributed by atoms with Gasteiger partial charge in [-0.25, -0.2) is 0 Å². The predicted octanol–water partition coefficient (Wildman–Crippen LogP) is 2.92. The highest BCUT2D eigenvalue weighted by Crippen LogP contribution is 2.25. The molecule has 0 aliphatic rings. The van der Waals surface area contributed by atoms with Crippen molar-refractivity contribution in [3.05, 3.63) is 53.4 Å². The van der Waals surface area contributed by atoms with E-state index < -0.39 is 5.91 Å². The van der Waals surface area contributed by atoms with Gasteiger partial charge in [0.1, 0.15) is 12.4 Å². The van der Waals surface area contributed by atoms with Crippen LogP contribution in [-0.2, 0) is 16.1 Å². The predicted molar refractivity (Wildman–Crippen MR) is 96.1 cm³/mol. The van der Waals surface area contributed by atoms with E-state index in [4.69, 9.17) is 9.26 Å². The maximum atomic E-state index is 11.9. The largest absolute Gasteiger partial charge is 0.460 e. The van der Waals surface area contributed by atoms with Crippen molar-refractivity contribution in [3.8, 4) is 0 Å².